The Morgan fingerprint density at radius 1 is 1.06 bits per heavy atom. The topological polar surface area (TPSA) is 58.1 Å². The lowest BCUT2D eigenvalue weighted by Gasteiger charge is -2.43. The summed E-state index contributed by atoms with van der Waals surface area (Å²) in [5, 5.41) is 0. The summed E-state index contributed by atoms with van der Waals surface area (Å²) in [5.41, 5.74) is -0.107. The molecule has 0 N–H and O–H groups in total. The number of carbonyl (C=O) groups is 1. The second-order valence-corrected chi connectivity index (χ2v) is 8.81. The summed E-state index contributed by atoms with van der Waals surface area (Å²) in [4.78, 5) is 23.6. The Balaban J connectivity index is 1.47. The number of carbonyl (C=O) groups excluding carboxylic acids is 1. The molecule has 0 aliphatic carbocycles. The highest BCUT2D eigenvalue weighted by molar-refractivity contribution is 5.77. The molecule has 1 aromatic carbocycles. The van der Waals surface area contributed by atoms with E-state index in [1.807, 2.05) is 11.9 Å². The zero-order chi connectivity index (χ0) is 23.3. The van der Waals surface area contributed by atoms with Gasteiger partial charge >= 0.3 is 0 Å². The van der Waals surface area contributed by atoms with Crippen molar-refractivity contribution in [2.45, 2.75) is 18.6 Å². The van der Waals surface area contributed by atoms with Crippen LogP contribution in [0.15, 0.2) is 42.6 Å². The minimum Gasteiger partial charge on any atom is -0.491 e. The maximum atomic E-state index is 13.3. The number of rotatable bonds is 7. The first-order chi connectivity index (χ1) is 15.9. The van der Waals surface area contributed by atoms with Crippen molar-refractivity contribution in [3.8, 4) is 5.75 Å². The van der Waals surface area contributed by atoms with Gasteiger partial charge in [-0.15, -0.1) is 0 Å². The van der Waals surface area contributed by atoms with Gasteiger partial charge in [-0.2, -0.15) is 0 Å². The lowest BCUT2D eigenvalue weighted by atomic mass is 9.96. The minimum absolute atomic E-state index is 0.0348. The summed E-state index contributed by atoms with van der Waals surface area (Å²) < 4.78 is 38.7. The van der Waals surface area contributed by atoms with Crippen LogP contribution in [0.4, 0.5) is 8.78 Å². The highest BCUT2D eigenvalue weighted by Gasteiger charge is 2.41. The molecule has 7 nitrogen and oxygen atoms in total. The normalized spacial score (nSPS) is 22.3. The van der Waals surface area contributed by atoms with Gasteiger partial charge in [0.05, 0.1) is 24.9 Å². The van der Waals surface area contributed by atoms with E-state index < -0.39 is 5.60 Å². The number of morpholine rings is 1. The largest absolute Gasteiger partial charge is 0.491 e. The average Bonchev–Trinajstić information content (AvgIpc) is 2.81. The zero-order valence-electron chi connectivity index (χ0n) is 18.9. The molecular weight excluding hydrogens is 430 g/mol. The number of pyridine rings is 1. The van der Waals surface area contributed by atoms with Gasteiger partial charge in [0, 0.05) is 45.8 Å². The first-order valence-corrected chi connectivity index (χ1v) is 11.2. The number of piperazine rings is 1. The lowest BCUT2D eigenvalue weighted by molar-refractivity contribution is -0.158. The fourth-order valence-electron chi connectivity index (χ4n) is 4.22. The van der Waals surface area contributed by atoms with E-state index in [1.54, 1.807) is 18.2 Å². The molecule has 2 aromatic rings. The van der Waals surface area contributed by atoms with Crippen LogP contribution in [0.3, 0.4) is 0 Å². The zero-order valence-corrected chi connectivity index (χ0v) is 18.9. The summed E-state index contributed by atoms with van der Waals surface area (Å²) in [5.74, 6) is -0.161. The molecule has 3 heterocycles. The van der Waals surface area contributed by atoms with Crippen molar-refractivity contribution in [1.82, 2.24) is 19.7 Å². The molecule has 1 aromatic heterocycles. The fourth-order valence-corrected chi connectivity index (χ4v) is 4.22. The van der Waals surface area contributed by atoms with Crippen molar-refractivity contribution in [2.75, 3.05) is 59.5 Å². The molecule has 1 atom stereocenters. The van der Waals surface area contributed by atoms with Crippen LogP contribution in [-0.2, 0) is 16.1 Å². The number of halogens is 2. The third kappa shape index (κ3) is 6.46. The van der Waals surface area contributed by atoms with E-state index in [0.29, 0.717) is 45.1 Å². The molecule has 0 spiro atoms. The number of benzene rings is 1. The standard InChI is InChI=1S/C24H30F2N4O3/c1-28-8-10-30(11-9-28)23(31)14-24(18-32-22-6-3-19(25)4-7-22)17-29(12-13-33-24)16-21-5-2-20(26)15-27-21/h2-7,15H,8-14,16-18H2,1H3. The molecule has 2 aliphatic heterocycles. The molecule has 2 aliphatic rings. The van der Waals surface area contributed by atoms with E-state index in [-0.39, 0.29) is 30.6 Å². The van der Waals surface area contributed by atoms with Crippen LogP contribution >= 0.6 is 0 Å². The summed E-state index contributed by atoms with van der Waals surface area (Å²) in [7, 11) is 2.05. The number of hydrogen-bond donors (Lipinski definition) is 0. The van der Waals surface area contributed by atoms with E-state index in [1.165, 1.54) is 24.4 Å². The van der Waals surface area contributed by atoms with Crippen molar-refractivity contribution >= 4 is 5.91 Å². The molecule has 2 fully saturated rings. The van der Waals surface area contributed by atoms with Crippen LogP contribution in [0.25, 0.3) is 0 Å². The van der Waals surface area contributed by atoms with E-state index in [0.717, 1.165) is 18.8 Å². The molecule has 4 rings (SSSR count). The molecule has 2 saturated heterocycles. The number of amides is 1. The summed E-state index contributed by atoms with van der Waals surface area (Å²) in [6.07, 6.45) is 1.39. The SMILES string of the molecule is CN1CCN(C(=O)CC2(COc3ccc(F)cc3)CN(Cc3ccc(F)cn3)CCO2)CC1. The number of aromatic nitrogens is 1. The van der Waals surface area contributed by atoms with Crippen LogP contribution in [-0.4, -0.2) is 90.7 Å². The predicted molar refractivity (Wildman–Crippen MR) is 119 cm³/mol. The van der Waals surface area contributed by atoms with Crippen molar-refractivity contribution in [2.24, 2.45) is 0 Å². The Hall–Kier alpha value is -2.62. The van der Waals surface area contributed by atoms with Crippen molar-refractivity contribution in [3.63, 3.8) is 0 Å². The Morgan fingerprint density at radius 3 is 2.48 bits per heavy atom. The average molecular weight is 461 g/mol. The predicted octanol–water partition coefficient (Wildman–Crippen LogP) is 2.17. The molecule has 178 valence electrons. The molecule has 0 radical (unpaired) electrons. The lowest BCUT2D eigenvalue weighted by Crippen LogP contribution is -2.58. The first kappa shape index (κ1) is 23.5. The maximum Gasteiger partial charge on any atom is 0.225 e. The third-order valence-electron chi connectivity index (χ3n) is 6.15. The van der Waals surface area contributed by atoms with Gasteiger partial charge in [-0.1, -0.05) is 0 Å². The van der Waals surface area contributed by atoms with Gasteiger partial charge in [0.1, 0.15) is 29.6 Å². The van der Waals surface area contributed by atoms with E-state index in [9.17, 15) is 13.6 Å². The molecule has 33 heavy (non-hydrogen) atoms. The smallest absolute Gasteiger partial charge is 0.225 e. The van der Waals surface area contributed by atoms with Gasteiger partial charge < -0.3 is 19.3 Å². The Kier molecular flexibility index (Phi) is 7.52. The van der Waals surface area contributed by atoms with Crippen LogP contribution in [0.5, 0.6) is 5.75 Å². The molecule has 9 heteroatoms. The second-order valence-electron chi connectivity index (χ2n) is 8.81. The molecule has 0 bridgehead atoms. The van der Waals surface area contributed by atoms with Crippen LogP contribution in [0.1, 0.15) is 12.1 Å². The first-order valence-electron chi connectivity index (χ1n) is 11.2. The molecular formula is C24H30F2N4O3. The molecule has 0 saturated carbocycles. The third-order valence-corrected chi connectivity index (χ3v) is 6.15. The second kappa shape index (κ2) is 10.5. The number of ether oxygens (including phenoxy) is 2. The minimum atomic E-state index is -0.854. The van der Waals surface area contributed by atoms with E-state index >= 15 is 0 Å². The van der Waals surface area contributed by atoms with Crippen LogP contribution in [0.2, 0.25) is 0 Å². The van der Waals surface area contributed by atoms with Crippen molar-refractivity contribution in [1.29, 1.82) is 0 Å². The Morgan fingerprint density at radius 2 is 1.79 bits per heavy atom. The fraction of sp³-hybridized carbons (Fsp3) is 0.500. The summed E-state index contributed by atoms with van der Waals surface area (Å²) in [6, 6.07) is 8.86. The number of nitrogens with zero attached hydrogens (tertiary/aromatic N) is 4. The Labute approximate surface area is 192 Å². The quantitative estimate of drug-likeness (QED) is 0.632. The van der Waals surface area contributed by atoms with E-state index in [2.05, 4.69) is 14.8 Å². The van der Waals surface area contributed by atoms with Crippen LogP contribution < -0.4 is 4.74 Å². The highest BCUT2D eigenvalue weighted by Crippen LogP contribution is 2.26. The summed E-state index contributed by atoms with van der Waals surface area (Å²) >= 11 is 0. The summed E-state index contributed by atoms with van der Waals surface area (Å²) in [6.45, 7) is 5.30. The van der Waals surface area contributed by atoms with Gasteiger partial charge in [0.25, 0.3) is 0 Å². The highest BCUT2D eigenvalue weighted by atomic mass is 19.1. The van der Waals surface area contributed by atoms with Crippen molar-refractivity contribution in [3.05, 3.63) is 59.9 Å². The monoisotopic (exact) mass is 460 g/mol. The maximum absolute atomic E-state index is 13.3. The Bertz CT molecular complexity index is 920. The van der Waals surface area contributed by atoms with Gasteiger partial charge in [-0.05, 0) is 43.4 Å². The van der Waals surface area contributed by atoms with Gasteiger partial charge in [-0.25, -0.2) is 8.78 Å². The molecule has 1 unspecified atom stereocenters. The van der Waals surface area contributed by atoms with Crippen LogP contribution in [0, 0.1) is 11.6 Å². The van der Waals surface area contributed by atoms with E-state index in [4.69, 9.17) is 9.47 Å². The number of likely N-dealkylation sites (N-methyl/N-ethyl adjacent to an activating group) is 1. The molecule has 1 amide bonds. The van der Waals surface area contributed by atoms with Gasteiger partial charge in [-0.3, -0.25) is 14.7 Å². The van der Waals surface area contributed by atoms with Gasteiger partial charge in [0.2, 0.25) is 5.91 Å². The van der Waals surface area contributed by atoms with Gasteiger partial charge in [0.15, 0.2) is 0 Å². The number of hydrogen-bond acceptors (Lipinski definition) is 6. The van der Waals surface area contributed by atoms with Crippen molar-refractivity contribution < 1.29 is 23.0 Å².